The molecule has 2 aromatic rings. The number of rotatable bonds is 8. The second-order valence-corrected chi connectivity index (χ2v) is 8.15. The van der Waals surface area contributed by atoms with Crippen molar-refractivity contribution in [2.75, 3.05) is 16.0 Å². The highest BCUT2D eigenvalue weighted by atomic mass is 32.2. The molecule has 0 saturated carbocycles. The molecule has 1 unspecified atom stereocenters. The maximum atomic E-state index is 12.5. The van der Waals surface area contributed by atoms with Crippen LogP contribution in [-0.4, -0.2) is 17.6 Å². The second kappa shape index (κ2) is 9.78. The minimum atomic E-state index is -0.0334. The van der Waals surface area contributed by atoms with Crippen LogP contribution in [-0.2, 0) is 16.0 Å². The fourth-order valence-electron chi connectivity index (χ4n) is 3.37. The van der Waals surface area contributed by atoms with E-state index in [1.165, 1.54) is 5.56 Å². The van der Waals surface area contributed by atoms with Crippen molar-refractivity contribution in [3.63, 3.8) is 0 Å². The first-order valence-corrected chi connectivity index (χ1v) is 11.1. The first kappa shape index (κ1) is 20.5. The van der Waals surface area contributed by atoms with Crippen molar-refractivity contribution in [3.05, 3.63) is 59.7 Å². The third-order valence-corrected chi connectivity index (χ3v) is 6.16. The number of aryl methyl sites for hydroxylation is 1. The highest BCUT2D eigenvalue weighted by molar-refractivity contribution is 8.00. The van der Waals surface area contributed by atoms with Crippen molar-refractivity contribution < 1.29 is 9.59 Å². The summed E-state index contributed by atoms with van der Waals surface area (Å²) in [5, 5.41) is 2.93. The summed E-state index contributed by atoms with van der Waals surface area (Å²) in [4.78, 5) is 26.4. The lowest BCUT2D eigenvalue weighted by atomic mass is 10.1. The van der Waals surface area contributed by atoms with Gasteiger partial charge in [0.15, 0.2) is 0 Å². The maximum Gasteiger partial charge on any atom is 0.238 e. The number of benzene rings is 2. The van der Waals surface area contributed by atoms with Gasteiger partial charge in [-0.15, -0.1) is 11.8 Å². The lowest BCUT2D eigenvalue weighted by Crippen LogP contribution is -2.27. The van der Waals surface area contributed by atoms with Gasteiger partial charge in [-0.1, -0.05) is 51.0 Å². The van der Waals surface area contributed by atoms with E-state index in [-0.39, 0.29) is 17.2 Å². The van der Waals surface area contributed by atoms with E-state index in [4.69, 9.17) is 0 Å². The van der Waals surface area contributed by atoms with E-state index in [0.29, 0.717) is 12.2 Å². The van der Waals surface area contributed by atoms with E-state index in [1.807, 2.05) is 41.3 Å². The van der Waals surface area contributed by atoms with Crippen LogP contribution in [0.25, 0.3) is 0 Å². The van der Waals surface area contributed by atoms with E-state index >= 15 is 0 Å². The van der Waals surface area contributed by atoms with Crippen LogP contribution in [0.3, 0.4) is 0 Å². The number of carbonyl (C=O) groups is 2. The summed E-state index contributed by atoms with van der Waals surface area (Å²) >= 11 is 1.64. The number of carbonyl (C=O) groups excluding carboxylic acids is 2. The first-order chi connectivity index (χ1) is 13.6. The predicted molar refractivity (Wildman–Crippen MR) is 118 cm³/mol. The lowest BCUT2D eigenvalue weighted by molar-refractivity contribution is -0.116. The van der Waals surface area contributed by atoms with Crippen LogP contribution >= 0.6 is 11.8 Å². The smallest absolute Gasteiger partial charge is 0.238 e. The van der Waals surface area contributed by atoms with E-state index in [1.54, 1.807) is 11.8 Å². The molecule has 2 amide bonds. The number of hydrogen-bond donors (Lipinski definition) is 1. The minimum Gasteiger partial charge on any atom is -0.326 e. The number of unbranched alkanes of at least 4 members (excludes halogenated alkanes) is 2. The van der Waals surface area contributed by atoms with Gasteiger partial charge in [0.05, 0.1) is 5.75 Å². The van der Waals surface area contributed by atoms with Crippen molar-refractivity contribution in [1.82, 2.24) is 0 Å². The summed E-state index contributed by atoms with van der Waals surface area (Å²) in [7, 11) is 0. The van der Waals surface area contributed by atoms with Crippen LogP contribution in [0.4, 0.5) is 11.4 Å². The standard InChI is InChI=1S/C23H28N2O2S/c1-3-5-6-10-21(26)24-19-13-11-18(12-14-19)23-25(22(27)16-28-23)20-9-7-8-17(4-2)15-20/h7-9,11-15,23H,3-6,10,16H2,1-2H3,(H,24,26). The van der Waals surface area contributed by atoms with Crippen molar-refractivity contribution in [2.24, 2.45) is 0 Å². The molecule has 148 valence electrons. The molecule has 1 heterocycles. The number of amides is 2. The molecule has 0 aliphatic carbocycles. The van der Waals surface area contributed by atoms with Crippen LogP contribution < -0.4 is 10.2 Å². The van der Waals surface area contributed by atoms with Crippen LogP contribution in [0, 0.1) is 0 Å². The Labute approximate surface area is 171 Å². The molecule has 28 heavy (non-hydrogen) atoms. The third-order valence-electron chi connectivity index (χ3n) is 4.95. The van der Waals surface area contributed by atoms with Gasteiger partial charge >= 0.3 is 0 Å². The molecule has 0 aromatic heterocycles. The zero-order valence-electron chi connectivity index (χ0n) is 16.6. The van der Waals surface area contributed by atoms with Gasteiger partial charge < -0.3 is 5.32 Å². The average Bonchev–Trinajstić information content (AvgIpc) is 3.10. The lowest BCUT2D eigenvalue weighted by Gasteiger charge is -2.25. The predicted octanol–water partition coefficient (Wildman–Crippen LogP) is 5.55. The molecular formula is C23H28N2O2S. The van der Waals surface area contributed by atoms with Gasteiger partial charge in [0.1, 0.15) is 5.37 Å². The summed E-state index contributed by atoms with van der Waals surface area (Å²) < 4.78 is 0. The number of nitrogens with one attached hydrogen (secondary N) is 1. The molecule has 1 atom stereocenters. The van der Waals surface area contributed by atoms with E-state index in [9.17, 15) is 9.59 Å². The topological polar surface area (TPSA) is 49.4 Å². The zero-order valence-corrected chi connectivity index (χ0v) is 17.4. The Hall–Kier alpha value is -2.27. The van der Waals surface area contributed by atoms with E-state index < -0.39 is 0 Å². The number of anilines is 2. The Morgan fingerprint density at radius 3 is 2.64 bits per heavy atom. The van der Waals surface area contributed by atoms with Gasteiger partial charge in [-0.3, -0.25) is 14.5 Å². The maximum absolute atomic E-state index is 12.5. The van der Waals surface area contributed by atoms with Gasteiger partial charge in [-0.25, -0.2) is 0 Å². The molecule has 2 aromatic carbocycles. The van der Waals surface area contributed by atoms with Gasteiger partial charge in [0.25, 0.3) is 0 Å². The molecule has 0 radical (unpaired) electrons. The fraction of sp³-hybridized carbons (Fsp3) is 0.391. The van der Waals surface area contributed by atoms with Crippen LogP contribution in [0.5, 0.6) is 0 Å². The molecule has 1 saturated heterocycles. The Morgan fingerprint density at radius 1 is 1.14 bits per heavy atom. The molecule has 0 spiro atoms. The van der Waals surface area contributed by atoms with Crippen molar-refractivity contribution in [3.8, 4) is 0 Å². The molecule has 1 aliphatic heterocycles. The molecule has 4 nitrogen and oxygen atoms in total. The van der Waals surface area contributed by atoms with Gasteiger partial charge in [0.2, 0.25) is 11.8 Å². The van der Waals surface area contributed by atoms with Gasteiger partial charge in [0, 0.05) is 17.8 Å². The second-order valence-electron chi connectivity index (χ2n) is 7.08. The molecule has 0 bridgehead atoms. The van der Waals surface area contributed by atoms with Crippen LogP contribution in [0.1, 0.15) is 56.0 Å². The van der Waals surface area contributed by atoms with E-state index in [0.717, 1.165) is 42.6 Å². The normalized spacial score (nSPS) is 16.4. The Bertz CT molecular complexity index is 820. The number of hydrogen-bond acceptors (Lipinski definition) is 3. The van der Waals surface area contributed by atoms with E-state index in [2.05, 4.69) is 31.3 Å². The molecule has 1 N–H and O–H groups in total. The largest absolute Gasteiger partial charge is 0.326 e. The highest BCUT2D eigenvalue weighted by Gasteiger charge is 2.34. The summed E-state index contributed by atoms with van der Waals surface area (Å²) in [6.45, 7) is 4.25. The highest BCUT2D eigenvalue weighted by Crippen LogP contribution is 2.42. The number of nitrogens with zero attached hydrogens (tertiary/aromatic N) is 1. The van der Waals surface area contributed by atoms with Crippen molar-refractivity contribution in [1.29, 1.82) is 0 Å². The third kappa shape index (κ3) is 4.96. The summed E-state index contributed by atoms with van der Waals surface area (Å²) in [5.41, 5.74) is 4.05. The minimum absolute atomic E-state index is 0.0334. The quantitative estimate of drug-likeness (QED) is 0.596. The SMILES string of the molecule is CCCCCC(=O)Nc1ccc(C2SCC(=O)N2c2cccc(CC)c2)cc1. The van der Waals surface area contributed by atoms with Gasteiger partial charge in [-0.2, -0.15) is 0 Å². The summed E-state index contributed by atoms with van der Waals surface area (Å²) in [5.74, 6) is 0.679. The molecule has 1 fully saturated rings. The average molecular weight is 397 g/mol. The van der Waals surface area contributed by atoms with Crippen molar-refractivity contribution in [2.45, 2.75) is 51.3 Å². The summed E-state index contributed by atoms with van der Waals surface area (Å²) in [6.07, 6.45) is 4.61. The van der Waals surface area contributed by atoms with Crippen molar-refractivity contribution >= 4 is 35.0 Å². The number of thioether (sulfide) groups is 1. The molecule has 5 heteroatoms. The molecule has 3 rings (SSSR count). The first-order valence-electron chi connectivity index (χ1n) is 10.0. The van der Waals surface area contributed by atoms with Gasteiger partial charge in [-0.05, 0) is 48.2 Å². The van der Waals surface area contributed by atoms with Crippen LogP contribution in [0.2, 0.25) is 0 Å². The van der Waals surface area contributed by atoms with Crippen LogP contribution in [0.15, 0.2) is 48.5 Å². The Kier molecular flexibility index (Phi) is 7.15. The zero-order chi connectivity index (χ0) is 19.9. The Balaban J connectivity index is 1.71. The molecule has 1 aliphatic rings. The monoisotopic (exact) mass is 396 g/mol. The summed E-state index contributed by atoms with van der Waals surface area (Å²) in [6, 6.07) is 16.1. The fourth-order valence-corrected chi connectivity index (χ4v) is 4.54. The molecular weight excluding hydrogens is 368 g/mol. The Morgan fingerprint density at radius 2 is 1.93 bits per heavy atom.